The number of hydrogen-bond donors (Lipinski definition) is 0. The molecule has 1 aromatic heterocycles. The minimum atomic E-state index is 0.521. The van der Waals surface area contributed by atoms with Crippen molar-refractivity contribution in [1.82, 2.24) is 4.98 Å². The lowest BCUT2D eigenvalue weighted by atomic mass is 10.0. The summed E-state index contributed by atoms with van der Waals surface area (Å²) in [4.78, 5) is 4.17. The van der Waals surface area contributed by atoms with Crippen molar-refractivity contribution >= 4 is 11.6 Å². The van der Waals surface area contributed by atoms with Gasteiger partial charge < -0.3 is 9.47 Å². The summed E-state index contributed by atoms with van der Waals surface area (Å²) in [6.45, 7) is 3.06. The first kappa shape index (κ1) is 11.8. The van der Waals surface area contributed by atoms with Gasteiger partial charge in [0.15, 0.2) is 0 Å². The van der Waals surface area contributed by atoms with Gasteiger partial charge in [0.05, 0.1) is 18.9 Å². The lowest BCUT2D eigenvalue weighted by molar-refractivity contribution is 0.0150. The average molecular weight is 242 g/mol. The Labute approximate surface area is 101 Å². The van der Waals surface area contributed by atoms with Gasteiger partial charge >= 0.3 is 0 Å². The maximum absolute atomic E-state index is 5.79. The third-order valence-corrected chi connectivity index (χ3v) is 2.93. The zero-order chi connectivity index (χ0) is 11.2. The van der Waals surface area contributed by atoms with E-state index in [-0.39, 0.29) is 0 Å². The molecule has 0 spiro atoms. The van der Waals surface area contributed by atoms with Crippen molar-refractivity contribution < 1.29 is 9.47 Å². The van der Waals surface area contributed by atoms with Crippen LogP contribution >= 0.6 is 11.6 Å². The molecule has 0 aromatic carbocycles. The Morgan fingerprint density at radius 3 is 2.94 bits per heavy atom. The van der Waals surface area contributed by atoms with E-state index < -0.39 is 0 Å². The Hall–Kier alpha value is -0.640. The molecule has 0 N–H and O–H groups in total. The molecule has 1 aromatic rings. The summed E-state index contributed by atoms with van der Waals surface area (Å²) in [6.07, 6.45) is 2.20. The van der Waals surface area contributed by atoms with Crippen LogP contribution in [0.2, 0.25) is 5.15 Å². The van der Waals surface area contributed by atoms with Gasteiger partial charge in [-0.2, -0.15) is 0 Å². The normalized spacial score (nSPS) is 17.6. The van der Waals surface area contributed by atoms with Crippen LogP contribution in [-0.4, -0.2) is 24.8 Å². The number of rotatable bonds is 4. The fourth-order valence-electron chi connectivity index (χ4n) is 1.77. The summed E-state index contributed by atoms with van der Waals surface area (Å²) >= 11 is 5.79. The second-order valence-corrected chi connectivity index (χ2v) is 4.41. The highest BCUT2D eigenvalue weighted by atomic mass is 35.5. The van der Waals surface area contributed by atoms with Crippen LogP contribution < -0.4 is 0 Å². The predicted octanol–water partition coefficient (Wildman–Crippen LogP) is 2.68. The van der Waals surface area contributed by atoms with Gasteiger partial charge in [-0.05, 0) is 30.9 Å². The molecule has 0 saturated carbocycles. The largest absolute Gasteiger partial charge is 0.381 e. The molecule has 0 aliphatic carbocycles. The Morgan fingerprint density at radius 2 is 2.19 bits per heavy atom. The molecule has 1 fully saturated rings. The minimum absolute atomic E-state index is 0.521. The molecule has 16 heavy (non-hydrogen) atoms. The van der Waals surface area contributed by atoms with Gasteiger partial charge in [-0.3, -0.25) is 0 Å². The molecule has 2 heterocycles. The molecule has 1 saturated heterocycles. The minimum Gasteiger partial charge on any atom is -0.381 e. The van der Waals surface area contributed by atoms with E-state index in [0.29, 0.717) is 17.7 Å². The van der Waals surface area contributed by atoms with Crippen molar-refractivity contribution in [1.29, 1.82) is 0 Å². The van der Waals surface area contributed by atoms with Crippen molar-refractivity contribution in [3.63, 3.8) is 0 Å². The average Bonchev–Trinajstić information content (AvgIpc) is 2.30. The highest BCUT2D eigenvalue weighted by Gasteiger charge is 2.13. The summed E-state index contributed by atoms with van der Waals surface area (Å²) in [5.41, 5.74) is 0.888. The van der Waals surface area contributed by atoms with E-state index in [4.69, 9.17) is 21.1 Å². The topological polar surface area (TPSA) is 31.4 Å². The molecule has 1 aliphatic heterocycles. The lowest BCUT2D eigenvalue weighted by Gasteiger charge is -2.21. The van der Waals surface area contributed by atoms with Crippen molar-refractivity contribution in [3.05, 3.63) is 29.0 Å². The van der Waals surface area contributed by atoms with E-state index in [2.05, 4.69) is 4.98 Å². The van der Waals surface area contributed by atoms with Crippen molar-refractivity contribution in [3.8, 4) is 0 Å². The van der Waals surface area contributed by atoms with E-state index in [1.54, 1.807) is 6.07 Å². The molecule has 4 heteroatoms. The smallest absolute Gasteiger partial charge is 0.129 e. The van der Waals surface area contributed by atoms with Gasteiger partial charge in [-0.1, -0.05) is 17.7 Å². The number of hydrogen-bond acceptors (Lipinski definition) is 3. The van der Waals surface area contributed by atoms with Crippen LogP contribution in [0, 0.1) is 5.92 Å². The van der Waals surface area contributed by atoms with Crippen LogP contribution in [0.5, 0.6) is 0 Å². The van der Waals surface area contributed by atoms with Crippen LogP contribution in [0.3, 0.4) is 0 Å². The zero-order valence-electron chi connectivity index (χ0n) is 9.19. The van der Waals surface area contributed by atoms with Gasteiger partial charge in [0.1, 0.15) is 5.15 Å². The highest BCUT2D eigenvalue weighted by Crippen LogP contribution is 2.15. The third kappa shape index (κ3) is 3.74. The maximum atomic E-state index is 5.79. The number of nitrogens with zero attached hydrogens (tertiary/aromatic N) is 1. The molecule has 1 aliphatic rings. The van der Waals surface area contributed by atoms with Crippen LogP contribution in [0.4, 0.5) is 0 Å². The number of aromatic nitrogens is 1. The molecule has 3 nitrogen and oxygen atoms in total. The monoisotopic (exact) mass is 241 g/mol. The van der Waals surface area contributed by atoms with Crippen LogP contribution in [0.1, 0.15) is 18.5 Å². The third-order valence-electron chi connectivity index (χ3n) is 2.72. The number of halogens is 1. The maximum Gasteiger partial charge on any atom is 0.129 e. The fourth-order valence-corrected chi connectivity index (χ4v) is 1.96. The van der Waals surface area contributed by atoms with E-state index in [1.807, 2.05) is 12.1 Å². The molecule has 0 amide bonds. The first-order valence-corrected chi connectivity index (χ1v) is 5.99. The van der Waals surface area contributed by atoms with Gasteiger partial charge in [-0.15, -0.1) is 0 Å². The van der Waals surface area contributed by atoms with E-state index in [9.17, 15) is 0 Å². The van der Waals surface area contributed by atoms with Crippen molar-refractivity contribution in [2.45, 2.75) is 19.4 Å². The fraction of sp³-hybridized carbons (Fsp3) is 0.583. The second kappa shape index (κ2) is 6.18. The molecule has 0 bridgehead atoms. The number of pyridine rings is 1. The first-order valence-electron chi connectivity index (χ1n) is 5.61. The molecule has 0 atom stereocenters. The summed E-state index contributed by atoms with van der Waals surface area (Å²) in [5.74, 6) is 0.632. The van der Waals surface area contributed by atoms with E-state index >= 15 is 0 Å². The first-order chi connectivity index (χ1) is 7.84. The van der Waals surface area contributed by atoms with Crippen LogP contribution in [0.15, 0.2) is 18.2 Å². The number of ether oxygens (including phenoxy) is 2. The molecule has 0 radical (unpaired) electrons. The summed E-state index contributed by atoms with van der Waals surface area (Å²) in [7, 11) is 0. The summed E-state index contributed by atoms with van der Waals surface area (Å²) < 4.78 is 10.9. The Balaban J connectivity index is 1.71. The summed E-state index contributed by atoms with van der Waals surface area (Å²) in [5, 5.41) is 0.521. The van der Waals surface area contributed by atoms with Crippen LogP contribution in [0.25, 0.3) is 0 Å². The Bertz CT molecular complexity index is 327. The SMILES string of the molecule is Clc1cccc(COCC2CCOCC2)n1. The summed E-state index contributed by atoms with van der Waals surface area (Å²) in [6, 6.07) is 5.59. The van der Waals surface area contributed by atoms with Gasteiger partial charge in [0.2, 0.25) is 0 Å². The quantitative estimate of drug-likeness (QED) is 0.760. The van der Waals surface area contributed by atoms with Gasteiger partial charge in [0, 0.05) is 13.2 Å². The lowest BCUT2D eigenvalue weighted by Crippen LogP contribution is -2.20. The Morgan fingerprint density at radius 1 is 1.38 bits per heavy atom. The van der Waals surface area contributed by atoms with E-state index in [1.165, 1.54) is 0 Å². The molecular formula is C12H16ClNO2. The van der Waals surface area contributed by atoms with Gasteiger partial charge in [0.25, 0.3) is 0 Å². The van der Waals surface area contributed by atoms with Crippen LogP contribution in [-0.2, 0) is 16.1 Å². The second-order valence-electron chi connectivity index (χ2n) is 4.02. The molecular weight excluding hydrogens is 226 g/mol. The van der Waals surface area contributed by atoms with Crippen molar-refractivity contribution in [2.24, 2.45) is 5.92 Å². The molecule has 2 rings (SSSR count). The highest BCUT2D eigenvalue weighted by molar-refractivity contribution is 6.29. The predicted molar refractivity (Wildman–Crippen MR) is 62.4 cm³/mol. The zero-order valence-corrected chi connectivity index (χ0v) is 9.95. The van der Waals surface area contributed by atoms with Gasteiger partial charge in [-0.25, -0.2) is 4.98 Å². The van der Waals surface area contributed by atoms with E-state index in [0.717, 1.165) is 38.4 Å². The van der Waals surface area contributed by atoms with Crippen molar-refractivity contribution in [2.75, 3.05) is 19.8 Å². The Kier molecular flexibility index (Phi) is 4.57. The molecule has 0 unspecified atom stereocenters. The standard InChI is InChI=1S/C12H16ClNO2/c13-12-3-1-2-11(14-12)9-16-8-10-4-6-15-7-5-10/h1-3,10H,4-9H2. The molecule has 88 valence electrons.